The number of hydrogen-bond acceptors (Lipinski definition) is 3. The number of aromatic carboxylic acids is 1. The van der Waals surface area contributed by atoms with Gasteiger partial charge in [-0.05, 0) is 43.6 Å². The second kappa shape index (κ2) is 5.49. The quantitative estimate of drug-likeness (QED) is 0.645. The monoisotopic (exact) mass is 322 g/mol. The van der Waals surface area contributed by atoms with Gasteiger partial charge in [-0.15, -0.1) is 0 Å². The van der Waals surface area contributed by atoms with Crippen LogP contribution in [0.5, 0.6) is 0 Å². The number of nitrogens with zero attached hydrogens (tertiary/aromatic N) is 2. The third kappa shape index (κ3) is 3.27. The Morgan fingerprint density at radius 3 is 2.68 bits per heavy atom. The summed E-state index contributed by atoms with van der Waals surface area (Å²) in [5.74, 6) is -0.913. The Labute approximate surface area is 132 Å². The number of aromatic nitrogens is 2. The zero-order valence-corrected chi connectivity index (χ0v) is 14.8. The van der Waals surface area contributed by atoms with Gasteiger partial charge in [0.05, 0.1) is 0 Å². The number of carboxylic acid groups (broad SMARTS) is 1. The van der Waals surface area contributed by atoms with E-state index in [0.717, 1.165) is 43.2 Å². The molecule has 2 aliphatic carbocycles. The Morgan fingerprint density at radius 2 is 2.09 bits per heavy atom. The van der Waals surface area contributed by atoms with Gasteiger partial charge in [0.2, 0.25) is 0 Å². The van der Waals surface area contributed by atoms with Gasteiger partial charge in [-0.2, -0.15) is 5.10 Å². The first kappa shape index (κ1) is 15.7. The van der Waals surface area contributed by atoms with Crippen molar-refractivity contribution in [3.63, 3.8) is 0 Å². The van der Waals surface area contributed by atoms with Crippen molar-refractivity contribution in [2.45, 2.75) is 64.5 Å². The molecule has 22 heavy (non-hydrogen) atoms. The molecule has 5 nitrogen and oxygen atoms in total. The van der Waals surface area contributed by atoms with Crippen molar-refractivity contribution >= 4 is 14.0 Å². The number of carbonyl (C=O) groups is 1. The molecule has 6 heteroatoms. The molecule has 0 atom stereocenters. The van der Waals surface area contributed by atoms with Crippen LogP contribution in [0.3, 0.4) is 0 Å². The second-order valence-corrected chi connectivity index (χ2v) is 13.7. The van der Waals surface area contributed by atoms with Gasteiger partial charge in [0.15, 0.2) is 5.69 Å². The lowest BCUT2D eigenvalue weighted by Crippen LogP contribution is -2.23. The number of rotatable bonds is 6. The van der Waals surface area contributed by atoms with Gasteiger partial charge in [-0.3, -0.25) is 0 Å². The van der Waals surface area contributed by atoms with Crippen LogP contribution in [0.25, 0.3) is 0 Å². The fourth-order valence-electron chi connectivity index (χ4n) is 3.24. The van der Waals surface area contributed by atoms with Crippen molar-refractivity contribution in [1.82, 2.24) is 9.78 Å². The van der Waals surface area contributed by atoms with E-state index in [9.17, 15) is 9.90 Å². The summed E-state index contributed by atoms with van der Waals surface area (Å²) >= 11 is 0. The highest BCUT2D eigenvalue weighted by molar-refractivity contribution is 6.76. The molecule has 0 amide bonds. The molecule has 2 aliphatic rings. The standard InChI is InChI=1S/C16H26N2O3Si/c1-22(2,3)9-8-21-11-18-13-10-16(6-7-16)5-4-12(13)14(17-18)15(19)20/h4-11H2,1-3H3,(H,19,20). The van der Waals surface area contributed by atoms with Gasteiger partial charge >= 0.3 is 5.97 Å². The van der Waals surface area contributed by atoms with E-state index >= 15 is 0 Å². The zero-order chi connectivity index (χ0) is 16.0. The fraction of sp³-hybridized carbons (Fsp3) is 0.750. The molecule has 0 saturated heterocycles. The average molecular weight is 322 g/mol. The summed E-state index contributed by atoms with van der Waals surface area (Å²) in [5.41, 5.74) is 2.73. The van der Waals surface area contributed by atoms with E-state index in [-0.39, 0.29) is 5.69 Å². The Morgan fingerprint density at radius 1 is 1.36 bits per heavy atom. The summed E-state index contributed by atoms with van der Waals surface area (Å²) in [5, 5.41) is 13.7. The lowest BCUT2D eigenvalue weighted by atomic mass is 9.84. The van der Waals surface area contributed by atoms with Crippen LogP contribution in [0, 0.1) is 5.41 Å². The van der Waals surface area contributed by atoms with E-state index in [4.69, 9.17) is 4.74 Å². The Balaban J connectivity index is 1.72. The second-order valence-electron chi connectivity index (χ2n) is 8.10. The Hall–Kier alpha value is -1.14. The number of hydrogen-bond donors (Lipinski definition) is 1. The van der Waals surface area contributed by atoms with E-state index in [0.29, 0.717) is 12.1 Å². The minimum absolute atomic E-state index is 0.235. The van der Waals surface area contributed by atoms with Crippen molar-refractivity contribution in [3.8, 4) is 0 Å². The first-order valence-corrected chi connectivity index (χ1v) is 11.9. The smallest absolute Gasteiger partial charge is 0.356 e. The van der Waals surface area contributed by atoms with Crippen LogP contribution in [0.4, 0.5) is 0 Å². The predicted molar refractivity (Wildman–Crippen MR) is 87.0 cm³/mol. The lowest BCUT2D eigenvalue weighted by molar-refractivity contribution is 0.0668. The van der Waals surface area contributed by atoms with Crippen molar-refractivity contribution in [2.75, 3.05) is 6.61 Å². The molecular formula is C16H26N2O3Si. The van der Waals surface area contributed by atoms with E-state index in [2.05, 4.69) is 24.7 Å². The van der Waals surface area contributed by atoms with Crippen molar-refractivity contribution in [2.24, 2.45) is 5.41 Å². The Kier molecular flexibility index (Phi) is 3.93. The van der Waals surface area contributed by atoms with Crippen LogP contribution in [0.1, 0.15) is 41.0 Å². The molecular weight excluding hydrogens is 296 g/mol. The van der Waals surface area contributed by atoms with Crippen LogP contribution in [-0.4, -0.2) is 35.5 Å². The molecule has 122 valence electrons. The van der Waals surface area contributed by atoms with Crippen molar-refractivity contribution in [1.29, 1.82) is 0 Å². The topological polar surface area (TPSA) is 64.4 Å². The van der Waals surface area contributed by atoms with Gasteiger partial charge in [-0.1, -0.05) is 19.6 Å². The van der Waals surface area contributed by atoms with E-state index < -0.39 is 14.0 Å². The molecule has 1 aromatic heterocycles. The summed E-state index contributed by atoms with van der Waals surface area (Å²) in [6.45, 7) is 8.09. The molecule has 1 saturated carbocycles. The van der Waals surface area contributed by atoms with Crippen molar-refractivity contribution < 1.29 is 14.6 Å². The molecule has 1 spiro atoms. The highest BCUT2D eigenvalue weighted by Gasteiger charge is 2.46. The third-order valence-electron chi connectivity index (χ3n) is 4.98. The molecule has 0 bridgehead atoms. The number of ether oxygens (including phenoxy) is 1. The van der Waals surface area contributed by atoms with Crippen LogP contribution >= 0.6 is 0 Å². The summed E-state index contributed by atoms with van der Waals surface area (Å²) < 4.78 is 7.59. The van der Waals surface area contributed by atoms with Gasteiger partial charge in [-0.25, -0.2) is 9.48 Å². The molecule has 1 heterocycles. The average Bonchev–Trinajstić information content (AvgIpc) is 3.06. The normalized spacial score (nSPS) is 19.2. The maximum Gasteiger partial charge on any atom is 0.356 e. The molecule has 1 N–H and O–H groups in total. The zero-order valence-electron chi connectivity index (χ0n) is 13.8. The summed E-state index contributed by atoms with van der Waals surface area (Å²) in [4.78, 5) is 11.4. The summed E-state index contributed by atoms with van der Waals surface area (Å²) in [7, 11) is -1.10. The highest BCUT2D eigenvalue weighted by Crippen LogP contribution is 2.54. The first-order chi connectivity index (χ1) is 10.3. The summed E-state index contributed by atoms with van der Waals surface area (Å²) in [6, 6.07) is 1.12. The molecule has 1 fully saturated rings. The molecule has 1 aromatic rings. The van der Waals surface area contributed by atoms with Crippen LogP contribution in [0.2, 0.25) is 25.7 Å². The predicted octanol–water partition coefficient (Wildman–Crippen LogP) is 3.16. The van der Waals surface area contributed by atoms with Crippen LogP contribution < -0.4 is 0 Å². The molecule has 0 radical (unpaired) electrons. The van der Waals surface area contributed by atoms with Gasteiger partial charge < -0.3 is 9.84 Å². The van der Waals surface area contributed by atoms with Gasteiger partial charge in [0.25, 0.3) is 0 Å². The SMILES string of the molecule is C[Si](C)(C)CCOCn1nc(C(=O)O)c2c1CC1(CC2)CC1. The van der Waals surface area contributed by atoms with E-state index in [1.54, 1.807) is 0 Å². The lowest BCUT2D eigenvalue weighted by Gasteiger charge is -2.23. The maximum absolute atomic E-state index is 11.4. The van der Waals surface area contributed by atoms with Gasteiger partial charge in [0, 0.05) is 25.9 Å². The van der Waals surface area contributed by atoms with Crippen LogP contribution in [0.15, 0.2) is 0 Å². The van der Waals surface area contributed by atoms with E-state index in [1.807, 2.05) is 4.68 Å². The highest BCUT2D eigenvalue weighted by atomic mass is 28.3. The van der Waals surface area contributed by atoms with E-state index in [1.165, 1.54) is 12.8 Å². The fourth-order valence-corrected chi connectivity index (χ4v) is 4.00. The minimum atomic E-state index is -1.10. The number of carboxylic acids is 1. The van der Waals surface area contributed by atoms with Crippen molar-refractivity contribution in [3.05, 3.63) is 17.0 Å². The largest absolute Gasteiger partial charge is 0.476 e. The minimum Gasteiger partial charge on any atom is -0.476 e. The molecule has 0 unspecified atom stereocenters. The molecule has 3 rings (SSSR count). The maximum atomic E-state index is 11.4. The van der Waals surface area contributed by atoms with Crippen LogP contribution in [-0.2, 0) is 24.3 Å². The third-order valence-corrected chi connectivity index (χ3v) is 6.69. The summed E-state index contributed by atoms with van der Waals surface area (Å²) in [6.07, 6.45) is 5.49. The van der Waals surface area contributed by atoms with Gasteiger partial charge in [0.1, 0.15) is 6.73 Å². The Bertz CT molecular complexity index is 585. The first-order valence-electron chi connectivity index (χ1n) is 8.19. The number of fused-ring (bicyclic) bond motifs is 1. The molecule has 0 aromatic carbocycles. The molecule has 0 aliphatic heterocycles.